The lowest BCUT2D eigenvalue weighted by Gasteiger charge is -2.11. The molecule has 2 nitrogen and oxygen atoms in total. The lowest BCUT2D eigenvalue weighted by atomic mass is 10.2. The molecule has 0 aromatic heterocycles. The van der Waals surface area contributed by atoms with Crippen LogP contribution in [0.4, 0.5) is 0 Å². The third kappa shape index (κ3) is 6.39. The Morgan fingerprint density at radius 3 is 2.80 bits per heavy atom. The van der Waals surface area contributed by atoms with Crippen LogP contribution in [0.2, 0.25) is 0 Å². The van der Waals surface area contributed by atoms with Gasteiger partial charge in [0.2, 0.25) is 0 Å². The Kier molecular flexibility index (Phi) is 7.58. The van der Waals surface area contributed by atoms with E-state index in [0.29, 0.717) is 6.04 Å². The van der Waals surface area contributed by atoms with Crippen LogP contribution in [0.15, 0.2) is 0 Å². The van der Waals surface area contributed by atoms with Gasteiger partial charge in [-0.1, -0.05) is 0 Å². The second-order valence-electron chi connectivity index (χ2n) is 2.43. The van der Waals surface area contributed by atoms with E-state index in [9.17, 15) is 0 Å². The maximum Gasteiger partial charge on any atom is 0.00769 e. The highest BCUT2D eigenvalue weighted by Crippen LogP contribution is 1.98. The molecule has 0 radical (unpaired) electrons. The van der Waals surface area contributed by atoms with Gasteiger partial charge in [-0.3, -0.25) is 0 Å². The summed E-state index contributed by atoms with van der Waals surface area (Å²) in [6, 6.07) is 0.621. The summed E-state index contributed by atoms with van der Waals surface area (Å²) in [4.78, 5) is 0. The molecule has 0 aliphatic heterocycles. The van der Waals surface area contributed by atoms with Gasteiger partial charge < -0.3 is 11.1 Å². The molecule has 0 aromatic carbocycles. The first kappa shape index (κ1) is 10.3. The number of rotatable bonds is 6. The molecule has 1 unspecified atom stereocenters. The van der Waals surface area contributed by atoms with Crippen LogP contribution in [-0.2, 0) is 0 Å². The predicted molar refractivity (Wildman–Crippen MR) is 49.5 cm³/mol. The number of thioether (sulfide) groups is 1. The van der Waals surface area contributed by atoms with Crippen molar-refractivity contribution in [1.82, 2.24) is 5.32 Å². The normalized spacial score (nSPS) is 13.5. The van der Waals surface area contributed by atoms with E-state index < -0.39 is 0 Å². The zero-order valence-electron chi connectivity index (χ0n) is 6.89. The Morgan fingerprint density at radius 2 is 2.30 bits per heavy atom. The first-order valence-corrected chi connectivity index (χ1v) is 5.13. The number of nitrogens with one attached hydrogen (secondary N) is 1. The Morgan fingerprint density at radius 1 is 1.60 bits per heavy atom. The maximum atomic E-state index is 5.34. The fourth-order valence-corrected chi connectivity index (χ4v) is 1.32. The van der Waals surface area contributed by atoms with Gasteiger partial charge in [0.1, 0.15) is 0 Å². The summed E-state index contributed by atoms with van der Waals surface area (Å²) in [7, 11) is 0. The second kappa shape index (κ2) is 7.38. The predicted octanol–water partition coefficient (Wildman–Crippen LogP) is 0.676. The first-order chi connectivity index (χ1) is 4.81. The molecule has 0 saturated heterocycles. The van der Waals surface area contributed by atoms with Crippen molar-refractivity contribution in [2.24, 2.45) is 5.73 Å². The van der Waals surface area contributed by atoms with Crippen LogP contribution in [0.1, 0.15) is 13.3 Å². The molecule has 0 aliphatic carbocycles. The monoisotopic (exact) mass is 162 g/mol. The summed E-state index contributed by atoms with van der Waals surface area (Å²) < 4.78 is 0. The summed E-state index contributed by atoms with van der Waals surface area (Å²) in [6.07, 6.45) is 3.37. The summed E-state index contributed by atoms with van der Waals surface area (Å²) in [5.74, 6) is 1.23. The van der Waals surface area contributed by atoms with Crippen LogP contribution >= 0.6 is 11.8 Å². The quantitative estimate of drug-likeness (QED) is 0.603. The van der Waals surface area contributed by atoms with E-state index in [0.717, 1.165) is 13.1 Å². The molecule has 0 fully saturated rings. The number of nitrogens with two attached hydrogens (primary N) is 1. The van der Waals surface area contributed by atoms with Gasteiger partial charge in [-0.05, 0) is 25.4 Å². The van der Waals surface area contributed by atoms with Crippen LogP contribution < -0.4 is 11.1 Å². The van der Waals surface area contributed by atoms with Crippen molar-refractivity contribution < 1.29 is 0 Å². The lowest BCUT2D eigenvalue weighted by molar-refractivity contribution is 0.545. The topological polar surface area (TPSA) is 38.0 Å². The molecule has 3 heteroatoms. The molecule has 0 heterocycles. The van der Waals surface area contributed by atoms with E-state index in [1.54, 1.807) is 0 Å². The van der Waals surface area contributed by atoms with Gasteiger partial charge in [0.25, 0.3) is 0 Å². The summed E-state index contributed by atoms with van der Waals surface area (Å²) in [6.45, 7) is 3.88. The molecule has 0 aromatic rings. The van der Waals surface area contributed by atoms with E-state index >= 15 is 0 Å². The fourth-order valence-electron chi connectivity index (χ4n) is 0.726. The smallest absolute Gasteiger partial charge is 0.00769 e. The molecule has 0 saturated carbocycles. The highest BCUT2D eigenvalue weighted by Gasteiger charge is 1.97. The van der Waals surface area contributed by atoms with Crippen LogP contribution in [0, 0.1) is 0 Å². The number of hydrogen-bond donors (Lipinski definition) is 2. The second-order valence-corrected chi connectivity index (χ2v) is 3.41. The fraction of sp³-hybridized carbons (Fsp3) is 1.00. The Labute approximate surface area is 67.9 Å². The minimum atomic E-state index is 0.621. The maximum absolute atomic E-state index is 5.34. The Hall–Kier alpha value is 0.270. The van der Waals surface area contributed by atoms with Crippen molar-refractivity contribution in [3.05, 3.63) is 0 Å². The summed E-state index contributed by atoms with van der Waals surface area (Å²) in [5.41, 5.74) is 5.34. The standard InChI is InChI=1S/C7H18N2S/c1-7(3-6-10-2)9-5-4-8/h7,9H,3-6,8H2,1-2H3. The van der Waals surface area contributed by atoms with Crippen LogP contribution in [0.3, 0.4) is 0 Å². The van der Waals surface area contributed by atoms with Gasteiger partial charge in [-0.15, -0.1) is 0 Å². The molecule has 1 atom stereocenters. The average molecular weight is 162 g/mol. The van der Waals surface area contributed by atoms with Gasteiger partial charge >= 0.3 is 0 Å². The molecule has 0 bridgehead atoms. The van der Waals surface area contributed by atoms with Crippen molar-refractivity contribution in [1.29, 1.82) is 0 Å². The molecule has 0 amide bonds. The van der Waals surface area contributed by atoms with Gasteiger partial charge in [0.05, 0.1) is 0 Å². The molecule has 10 heavy (non-hydrogen) atoms. The molecular formula is C7H18N2S. The van der Waals surface area contributed by atoms with Gasteiger partial charge in [-0.25, -0.2) is 0 Å². The third-order valence-corrected chi connectivity index (χ3v) is 2.04. The van der Waals surface area contributed by atoms with Crippen molar-refractivity contribution in [2.45, 2.75) is 19.4 Å². The van der Waals surface area contributed by atoms with Crippen LogP contribution in [-0.4, -0.2) is 31.1 Å². The van der Waals surface area contributed by atoms with Crippen molar-refractivity contribution in [3.8, 4) is 0 Å². The van der Waals surface area contributed by atoms with Crippen LogP contribution in [0.5, 0.6) is 0 Å². The third-order valence-electron chi connectivity index (χ3n) is 1.39. The minimum Gasteiger partial charge on any atom is -0.329 e. The zero-order chi connectivity index (χ0) is 7.82. The van der Waals surface area contributed by atoms with Crippen LogP contribution in [0.25, 0.3) is 0 Å². The van der Waals surface area contributed by atoms with Gasteiger partial charge in [0.15, 0.2) is 0 Å². The highest BCUT2D eigenvalue weighted by molar-refractivity contribution is 7.98. The Bertz CT molecular complexity index is 60.6. The molecule has 0 rings (SSSR count). The summed E-state index contributed by atoms with van der Waals surface area (Å²) >= 11 is 1.89. The van der Waals surface area contributed by atoms with Gasteiger partial charge in [-0.2, -0.15) is 11.8 Å². The molecule has 0 spiro atoms. The molecule has 3 N–H and O–H groups in total. The molecule has 62 valence electrons. The van der Waals surface area contributed by atoms with E-state index in [4.69, 9.17) is 5.73 Å². The first-order valence-electron chi connectivity index (χ1n) is 3.73. The van der Waals surface area contributed by atoms with E-state index in [-0.39, 0.29) is 0 Å². The van der Waals surface area contributed by atoms with Gasteiger partial charge in [0, 0.05) is 19.1 Å². The van der Waals surface area contributed by atoms with Crippen molar-refractivity contribution in [2.75, 3.05) is 25.1 Å². The SMILES string of the molecule is CSCCC(C)NCCN. The average Bonchev–Trinajstić information content (AvgIpc) is 1.97. The number of hydrogen-bond acceptors (Lipinski definition) is 3. The molecule has 0 aliphatic rings. The summed E-state index contributed by atoms with van der Waals surface area (Å²) in [5, 5.41) is 3.33. The largest absolute Gasteiger partial charge is 0.329 e. The zero-order valence-corrected chi connectivity index (χ0v) is 7.71. The Balaban J connectivity index is 3.00. The van der Waals surface area contributed by atoms with Crippen molar-refractivity contribution >= 4 is 11.8 Å². The lowest BCUT2D eigenvalue weighted by Crippen LogP contribution is -2.31. The van der Waals surface area contributed by atoms with E-state index in [1.165, 1.54) is 12.2 Å². The molecular weight excluding hydrogens is 144 g/mol. The minimum absolute atomic E-state index is 0.621. The van der Waals surface area contributed by atoms with Crippen molar-refractivity contribution in [3.63, 3.8) is 0 Å². The van der Waals surface area contributed by atoms with E-state index in [1.807, 2.05) is 11.8 Å². The highest BCUT2D eigenvalue weighted by atomic mass is 32.2. The van der Waals surface area contributed by atoms with E-state index in [2.05, 4.69) is 18.5 Å².